The molecular weight excluding hydrogens is 356 g/mol. The smallest absolute Gasteiger partial charge is 0.325 e. The van der Waals surface area contributed by atoms with Crippen LogP contribution >= 0.6 is 0 Å². The Balaban J connectivity index is 2.11. The molecule has 2 atom stereocenters. The number of carbonyl (C=O) groups is 3. The topological polar surface area (TPSA) is 75.7 Å². The van der Waals surface area contributed by atoms with Crippen molar-refractivity contribution in [2.45, 2.75) is 69.9 Å². The first-order valence-corrected chi connectivity index (χ1v) is 10.2. The zero-order valence-electron chi connectivity index (χ0n) is 17.0. The highest BCUT2D eigenvalue weighted by atomic mass is 16.5. The van der Waals surface area contributed by atoms with Crippen LogP contribution < -0.4 is 5.32 Å². The molecule has 152 valence electrons. The molecular formula is C22H30N2O4. The molecule has 1 aliphatic carbocycles. The van der Waals surface area contributed by atoms with E-state index in [0.717, 1.165) is 44.1 Å². The first-order valence-electron chi connectivity index (χ1n) is 10.2. The number of fused-ring (bicyclic) bond motifs is 1. The summed E-state index contributed by atoms with van der Waals surface area (Å²) in [6.07, 6.45) is 5.52. The van der Waals surface area contributed by atoms with Gasteiger partial charge in [0.05, 0.1) is 18.6 Å². The first-order chi connectivity index (χ1) is 13.5. The summed E-state index contributed by atoms with van der Waals surface area (Å²) in [4.78, 5) is 40.4. The predicted molar refractivity (Wildman–Crippen MR) is 106 cm³/mol. The van der Waals surface area contributed by atoms with Crippen molar-refractivity contribution in [3.8, 4) is 0 Å². The molecule has 3 rings (SSSR count). The molecule has 6 heteroatoms. The second-order valence-electron chi connectivity index (χ2n) is 7.91. The SMILES string of the molecule is CC[C@@H](C)N1C(=O)c2ccccc2[C@H](C(=O)NCC(=O)OC)C12CCCCC2. The number of carbonyl (C=O) groups excluding carboxylic acids is 3. The third-order valence-corrected chi connectivity index (χ3v) is 6.39. The van der Waals surface area contributed by atoms with Crippen molar-refractivity contribution < 1.29 is 19.1 Å². The van der Waals surface area contributed by atoms with Crippen LogP contribution in [-0.4, -0.2) is 47.9 Å². The second kappa shape index (κ2) is 8.33. The van der Waals surface area contributed by atoms with E-state index in [1.807, 2.05) is 29.2 Å². The fourth-order valence-corrected chi connectivity index (χ4v) is 4.94. The minimum Gasteiger partial charge on any atom is -0.468 e. The van der Waals surface area contributed by atoms with Crippen LogP contribution in [0.3, 0.4) is 0 Å². The lowest BCUT2D eigenvalue weighted by Gasteiger charge is -2.55. The van der Waals surface area contributed by atoms with Gasteiger partial charge in [-0.1, -0.05) is 44.4 Å². The highest BCUT2D eigenvalue weighted by Crippen LogP contribution is 2.50. The number of ether oxygens (including phenoxy) is 1. The van der Waals surface area contributed by atoms with E-state index in [0.29, 0.717) is 5.56 Å². The summed E-state index contributed by atoms with van der Waals surface area (Å²) in [5.41, 5.74) is 0.827. The van der Waals surface area contributed by atoms with Crippen LogP contribution in [0.5, 0.6) is 0 Å². The highest BCUT2D eigenvalue weighted by molar-refractivity contribution is 6.02. The van der Waals surface area contributed by atoms with Crippen LogP contribution in [-0.2, 0) is 14.3 Å². The van der Waals surface area contributed by atoms with Gasteiger partial charge in [0.15, 0.2) is 0 Å². The van der Waals surface area contributed by atoms with Gasteiger partial charge in [-0.3, -0.25) is 14.4 Å². The van der Waals surface area contributed by atoms with Gasteiger partial charge in [0, 0.05) is 11.6 Å². The van der Waals surface area contributed by atoms with E-state index in [9.17, 15) is 14.4 Å². The average molecular weight is 386 g/mol. The van der Waals surface area contributed by atoms with E-state index < -0.39 is 17.4 Å². The van der Waals surface area contributed by atoms with E-state index in [1.165, 1.54) is 7.11 Å². The molecule has 28 heavy (non-hydrogen) atoms. The maximum atomic E-state index is 13.5. The Morgan fingerprint density at radius 2 is 1.93 bits per heavy atom. The molecule has 0 radical (unpaired) electrons. The fraction of sp³-hybridized carbons (Fsp3) is 0.591. The van der Waals surface area contributed by atoms with Gasteiger partial charge in [-0.05, 0) is 37.8 Å². The molecule has 1 fully saturated rings. The van der Waals surface area contributed by atoms with Crippen LogP contribution in [0.2, 0.25) is 0 Å². The van der Waals surface area contributed by atoms with Crippen molar-refractivity contribution >= 4 is 17.8 Å². The third kappa shape index (κ3) is 3.40. The molecule has 1 spiro atoms. The fourth-order valence-electron chi connectivity index (χ4n) is 4.94. The monoisotopic (exact) mass is 386 g/mol. The lowest BCUT2D eigenvalue weighted by molar-refractivity contribution is -0.142. The van der Waals surface area contributed by atoms with Crippen LogP contribution in [0.15, 0.2) is 24.3 Å². The van der Waals surface area contributed by atoms with Crippen molar-refractivity contribution in [3.05, 3.63) is 35.4 Å². The number of amides is 2. The number of hydrogen-bond acceptors (Lipinski definition) is 4. The maximum absolute atomic E-state index is 13.5. The number of rotatable bonds is 5. The van der Waals surface area contributed by atoms with Crippen LogP contribution in [0.4, 0.5) is 0 Å². The minimum absolute atomic E-state index is 0.0175. The van der Waals surface area contributed by atoms with Gasteiger partial charge in [-0.25, -0.2) is 0 Å². The van der Waals surface area contributed by atoms with E-state index >= 15 is 0 Å². The van der Waals surface area contributed by atoms with E-state index in [2.05, 4.69) is 23.9 Å². The van der Waals surface area contributed by atoms with E-state index in [4.69, 9.17) is 0 Å². The maximum Gasteiger partial charge on any atom is 0.325 e. The van der Waals surface area contributed by atoms with Gasteiger partial charge in [-0.2, -0.15) is 0 Å². The minimum atomic E-state index is -0.542. The zero-order chi connectivity index (χ0) is 20.3. The summed E-state index contributed by atoms with van der Waals surface area (Å²) in [6.45, 7) is 3.97. The second-order valence-corrected chi connectivity index (χ2v) is 7.91. The number of esters is 1. The lowest BCUT2D eigenvalue weighted by Crippen LogP contribution is -2.65. The average Bonchev–Trinajstić information content (AvgIpc) is 2.72. The standard InChI is InChI=1S/C22H30N2O4/c1-4-15(2)24-21(27)17-11-7-6-10-16(17)19(20(26)23-14-18(25)28-3)22(24)12-8-5-9-13-22/h6-7,10-11,15,19H,4-5,8-9,12-14H2,1-3H3,(H,23,26)/t15-,19-/m1/s1. The molecule has 1 aliphatic heterocycles. The largest absolute Gasteiger partial charge is 0.468 e. The number of nitrogens with one attached hydrogen (secondary N) is 1. The quantitative estimate of drug-likeness (QED) is 0.790. The molecule has 1 aromatic carbocycles. The lowest BCUT2D eigenvalue weighted by atomic mass is 9.64. The van der Waals surface area contributed by atoms with Crippen LogP contribution in [0.1, 0.15) is 74.2 Å². The van der Waals surface area contributed by atoms with E-state index in [-0.39, 0.29) is 24.4 Å². The molecule has 2 aliphatic rings. The summed E-state index contributed by atoms with van der Waals surface area (Å²) in [5, 5.41) is 2.76. The van der Waals surface area contributed by atoms with Crippen molar-refractivity contribution in [1.29, 1.82) is 0 Å². The predicted octanol–water partition coefficient (Wildman–Crippen LogP) is 3.02. The number of methoxy groups -OCH3 is 1. The number of benzene rings is 1. The highest BCUT2D eigenvalue weighted by Gasteiger charge is 2.55. The van der Waals surface area contributed by atoms with Crippen molar-refractivity contribution in [2.75, 3.05) is 13.7 Å². The molecule has 0 saturated heterocycles. The molecule has 1 heterocycles. The Labute approximate surface area is 166 Å². The summed E-state index contributed by atoms with van der Waals surface area (Å²) in [7, 11) is 1.30. The summed E-state index contributed by atoms with van der Waals surface area (Å²) < 4.78 is 4.67. The van der Waals surface area contributed by atoms with E-state index in [1.54, 1.807) is 0 Å². The summed E-state index contributed by atoms with van der Waals surface area (Å²) >= 11 is 0. The molecule has 6 nitrogen and oxygen atoms in total. The van der Waals surface area contributed by atoms with Crippen LogP contribution in [0, 0.1) is 0 Å². The Morgan fingerprint density at radius 1 is 1.25 bits per heavy atom. The third-order valence-electron chi connectivity index (χ3n) is 6.39. The Kier molecular flexibility index (Phi) is 6.06. The first kappa shape index (κ1) is 20.4. The number of nitrogens with zero attached hydrogens (tertiary/aromatic N) is 1. The normalized spacial score (nSPS) is 21.8. The van der Waals surface area contributed by atoms with Crippen molar-refractivity contribution in [1.82, 2.24) is 10.2 Å². The molecule has 0 aromatic heterocycles. The van der Waals surface area contributed by atoms with Crippen molar-refractivity contribution in [3.63, 3.8) is 0 Å². The van der Waals surface area contributed by atoms with Gasteiger partial charge in [0.2, 0.25) is 5.91 Å². The zero-order valence-corrected chi connectivity index (χ0v) is 17.0. The van der Waals surface area contributed by atoms with Crippen LogP contribution in [0.25, 0.3) is 0 Å². The van der Waals surface area contributed by atoms with Crippen molar-refractivity contribution in [2.24, 2.45) is 0 Å². The Bertz CT molecular complexity index is 755. The van der Waals surface area contributed by atoms with Gasteiger partial charge in [-0.15, -0.1) is 0 Å². The molecule has 0 unspecified atom stereocenters. The Morgan fingerprint density at radius 3 is 2.57 bits per heavy atom. The summed E-state index contributed by atoms with van der Waals surface area (Å²) in [6, 6.07) is 7.45. The Hall–Kier alpha value is -2.37. The molecule has 1 saturated carbocycles. The summed E-state index contributed by atoms with van der Waals surface area (Å²) in [5.74, 6) is -1.16. The molecule has 1 N–H and O–H groups in total. The molecule has 0 bridgehead atoms. The van der Waals surface area contributed by atoms with Gasteiger partial charge in [0.1, 0.15) is 6.54 Å². The van der Waals surface area contributed by atoms with Gasteiger partial charge < -0.3 is 15.0 Å². The van der Waals surface area contributed by atoms with Gasteiger partial charge >= 0.3 is 5.97 Å². The molecule has 1 aromatic rings. The van der Waals surface area contributed by atoms with Gasteiger partial charge in [0.25, 0.3) is 5.91 Å². The molecule has 2 amide bonds. The number of hydrogen-bond donors (Lipinski definition) is 1.